The number of hydrogen-bond acceptors (Lipinski definition) is 2. The number of nitrogens with zero attached hydrogens (tertiary/aromatic N) is 3. The Morgan fingerprint density at radius 2 is 2.11 bits per heavy atom. The van der Waals surface area contributed by atoms with Crippen molar-refractivity contribution >= 4 is 38.7 Å². The van der Waals surface area contributed by atoms with Gasteiger partial charge in [-0.1, -0.05) is 13.8 Å². The molecule has 2 aromatic heterocycles. The SMILES string of the molecule is CC(C)CCCn1c(C(C)Cl)nc2cc(Br)cnc21. The van der Waals surface area contributed by atoms with Crippen molar-refractivity contribution in [3.8, 4) is 0 Å². The van der Waals surface area contributed by atoms with Crippen LogP contribution in [0.1, 0.15) is 44.8 Å². The normalized spacial score (nSPS) is 13.4. The first-order valence-corrected chi connectivity index (χ1v) is 7.87. The lowest BCUT2D eigenvalue weighted by molar-refractivity contribution is 0.508. The van der Waals surface area contributed by atoms with E-state index in [9.17, 15) is 0 Å². The fourth-order valence-electron chi connectivity index (χ4n) is 2.19. The van der Waals surface area contributed by atoms with Gasteiger partial charge in [-0.25, -0.2) is 9.97 Å². The van der Waals surface area contributed by atoms with Gasteiger partial charge in [0.05, 0.1) is 5.38 Å². The molecule has 0 saturated carbocycles. The zero-order chi connectivity index (χ0) is 14.0. The molecule has 3 nitrogen and oxygen atoms in total. The van der Waals surface area contributed by atoms with Crippen LogP contribution in [0.15, 0.2) is 16.7 Å². The molecule has 0 fully saturated rings. The lowest BCUT2D eigenvalue weighted by Crippen LogP contribution is -2.06. The monoisotopic (exact) mass is 343 g/mol. The minimum absolute atomic E-state index is 0.105. The maximum Gasteiger partial charge on any atom is 0.160 e. The van der Waals surface area contributed by atoms with Crippen LogP contribution in [0.2, 0.25) is 0 Å². The largest absolute Gasteiger partial charge is 0.311 e. The number of alkyl halides is 1. The molecule has 0 radical (unpaired) electrons. The summed E-state index contributed by atoms with van der Waals surface area (Å²) in [5.74, 6) is 1.62. The first-order valence-electron chi connectivity index (χ1n) is 6.64. The number of hydrogen-bond donors (Lipinski definition) is 0. The molecular formula is C14H19BrClN3. The first-order chi connectivity index (χ1) is 8.99. The van der Waals surface area contributed by atoms with Gasteiger partial charge in [0.1, 0.15) is 11.3 Å². The van der Waals surface area contributed by atoms with E-state index >= 15 is 0 Å². The van der Waals surface area contributed by atoms with Gasteiger partial charge in [-0.15, -0.1) is 11.6 Å². The van der Waals surface area contributed by atoms with Crippen molar-refractivity contribution < 1.29 is 0 Å². The fraction of sp³-hybridized carbons (Fsp3) is 0.571. The minimum atomic E-state index is -0.105. The maximum absolute atomic E-state index is 6.24. The highest BCUT2D eigenvalue weighted by Crippen LogP contribution is 2.25. The standard InChI is InChI=1S/C14H19BrClN3/c1-9(2)5-4-6-19-13(10(3)16)18-12-7-11(15)8-17-14(12)19/h7-10H,4-6H2,1-3H3. The average molecular weight is 345 g/mol. The number of aryl methyl sites for hydroxylation is 1. The van der Waals surface area contributed by atoms with E-state index in [1.165, 1.54) is 6.42 Å². The minimum Gasteiger partial charge on any atom is -0.311 e. The van der Waals surface area contributed by atoms with Crippen LogP contribution in [-0.4, -0.2) is 14.5 Å². The Labute approximate surface area is 127 Å². The molecule has 2 heterocycles. The van der Waals surface area contributed by atoms with E-state index in [0.29, 0.717) is 5.92 Å². The second kappa shape index (κ2) is 6.23. The number of halogens is 2. The van der Waals surface area contributed by atoms with Crippen molar-refractivity contribution in [1.29, 1.82) is 0 Å². The summed E-state index contributed by atoms with van der Waals surface area (Å²) in [4.78, 5) is 9.09. The second-order valence-electron chi connectivity index (χ2n) is 5.27. The number of aromatic nitrogens is 3. The summed E-state index contributed by atoms with van der Waals surface area (Å²) in [5.41, 5.74) is 1.83. The molecule has 0 aromatic carbocycles. The van der Waals surface area contributed by atoms with Gasteiger partial charge in [0.25, 0.3) is 0 Å². The van der Waals surface area contributed by atoms with Crippen LogP contribution in [0.3, 0.4) is 0 Å². The van der Waals surface area contributed by atoms with Crippen molar-refractivity contribution in [3.63, 3.8) is 0 Å². The summed E-state index contributed by atoms with van der Waals surface area (Å²) in [6, 6.07) is 1.99. The molecule has 2 aromatic rings. The Morgan fingerprint density at radius 1 is 1.37 bits per heavy atom. The molecule has 0 amide bonds. The Hall–Kier alpha value is -0.610. The van der Waals surface area contributed by atoms with Crippen LogP contribution in [-0.2, 0) is 6.54 Å². The predicted octanol–water partition coefficient (Wildman–Crippen LogP) is 4.93. The van der Waals surface area contributed by atoms with Crippen molar-refractivity contribution in [2.45, 2.75) is 45.5 Å². The van der Waals surface area contributed by atoms with Gasteiger partial charge in [0.15, 0.2) is 5.65 Å². The van der Waals surface area contributed by atoms with Crippen LogP contribution in [0.4, 0.5) is 0 Å². The number of fused-ring (bicyclic) bond motifs is 1. The van der Waals surface area contributed by atoms with Gasteiger partial charge in [0.2, 0.25) is 0 Å². The third-order valence-corrected chi connectivity index (χ3v) is 3.73. The van der Waals surface area contributed by atoms with E-state index < -0.39 is 0 Å². The number of rotatable bonds is 5. The second-order valence-corrected chi connectivity index (χ2v) is 6.84. The molecule has 0 aliphatic heterocycles. The summed E-state index contributed by atoms with van der Waals surface area (Å²) in [5, 5.41) is -0.105. The van der Waals surface area contributed by atoms with Crippen molar-refractivity contribution in [3.05, 3.63) is 22.6 Å². The molecule has 0 N–H and O–H groups in total. The Bertz CT molecular complexity index is 563. The lowest BCUT2D eigenvalue weighted by Gasteiger charge is -2.10. The average Bonchev–Trinajstić information content (AvgIpc) is 2.67. The van der Waals surface area contributed by atoms with Crippen LogP contribution in [0, 0.1) is 5.92 Å². The molecule has 1 atom stereocenters. The molecule has 5 heteroatoms. The Morgan fingerprint density at radius 3 is 2.74 bits per heavy atom. The van der Waals surface area contributed by atoms with E-state index in [2.05, 4.69) is 44.3 Å². The Kier molecular flexibility index (Phi) is 4.85. The maximum atomic E-state index is 6.24. The molecule has 0 spiro atoms. The summed E-state index contributed by atoms with van der Waals surface area (Å²) in [7, 11) is 0. The van der Waals surface area contributed by atoms with E-state index in [4.69, 9.17) is 11.6 Å². The summed E-state index contributed by atoms with van der Waals surface area (Å²) in [6.07, 6.45) is 4.13. The number of imidazole rings is 1. The van der Waals surface area contributed by atoms with E-state index in [-0.39, 0.29) is 5.38 Å². The molecule has 1 unspecified atom stereocenters. The van der Waals surface area contributed by atoms with Gasteiger partial charge < -0.3 is 4.57 Å². The van der Waals surface area contributed by atoms with Crippen molar-refractivity contribution in [1.82, 2.24) is 14.5 Å². The third-order valence-electron chi connectivity index (χ3n) is 3.10. The zero-order valence-corrected chi connectivity index (χ0v) is 13.9. The molecule has 0 aliphatic carbocycles. The smallest absolute Gasteiger partial charge is 0.160 e. The molecule has 104 valence electrons. The first kappa shape index (κ1) is 14.8. The lowest BCUT2D eigenvalue weighted by atomic mass is 10.1. The zero-order valence-electron chi connectivity index (χ0n) is 11.5. The predicted molar refractivity (Wildman–Crippen MR) is 83.6 cm³/mol. The highest BCUT2D eigenvalue weighted by atomic mass is 79.9. The van der Waals surface area contributed by atoms with Crippen molar-refractivity contribution in [2.24, 2.45) is 5.92 Å². The highest BCUT2D eigenvalue weighted by molar-refractivity contribution is 9.10. The molecule has 19 heavy (non-hydrogen) atoms. The molecule has 0 bridgehead atoms. The summed E-state index contributed by atoms with van der Waals surface area (Å²) in [6.45, 7) is 7.37. The van der Waals surface area contributed by atoms with Gasteiger partial charge in [-0.05, 0) is 47.7 Å². The van der Waals surface area contributed by atoms with Gasteiger partial charge in [-0.2, -0.15) is 0 Å². The Balaban J connectivity index is 2.35. The molecule has 2 rings (SSSR count). The van der Waals surface area contributed by atoms with Crippen LogP contribution in [0.5, 0.6) is 0 Å². The van der Waals surface area contributed by atoms with Crippen LogP contribution in [0.25, 0.3) is 11.2 Å². The van der Waals surface area contributed by atoms with Crippen molar-refractivity contribution in [2.75, 3.05) is 0 Å². The van der Waals surface area contributed by atoms with Gasteiger partial charge in [-0.3, -0.25) is 0 Å². The highest BCUT2D eigenvalue weighted by Gasteiger charge is 2.15. The topological polar surface area (TPSA) is 30.7 Å². The van der Waals surface area contributed by atoms with E-state index in [1.807, 2.05) is 19.2 Å². The molecule has 0 aliphatic rings. The van der Waals surface area contributed by atoms with Gasteiger partial charge >= 0.3 is 0 Å². The molecular weight excluding hydrogens is 326 g/mol. The third kappa shape index (κ3) is 3.48. The fourth-order valence-corrected chi connectivity index (χ4v) is 2.67. The summed E-state index contributed by atoms with van der Waals surface area (Å²) < 4.78 is 3.10. The van der Waals surface area contributed by atoms with E-state index in [0.717, 1.165) is 34.4 Å². The van der Waals surface area contributed by atoms with E-state index in [1.54, 1.807) is 0 Å². The van der Waals surface area contributed by atoms with Crippen LogP contribution < -0.4 is 0 Å². The number of pyridine rings is 1. The van der Waals surface area contributed by atoms with Gasteiger partial charge in [0, 0.05) is 17.2 Å². The summed E-state index contributed by atoms with van der Waals surface area (Å²) >= 11 is 9.67. The van der Waals surface area contributed by atoms with Crippen LogP contribution >= 0.6 is 27.5 Å². The molecule has 0 saturated heterocycles. The quantitative estimate of drug-likeness (QED) is 0.720.